The molecule has 0 atom stereocenters. The number of carbonyl (C=O) groups excluding carboxylic acids is 2. The molecule has 0 aromatic carbocycles. The molecule has 0 unspecified atom stereocenters. The second-order valence-corrected chi connectivity index (χ2v) is 3.21. The van der Waals surface area contributed by atoms with E-state index >= 15 is 0 Å². The van der Waals surface area contributed by atoms with Crippen molar-refractivity contribution in [2.45, 2.75) is 13.5 Å². The molecular formula is C8H10ClN3O2. The van der Waals surface area contributed by atoms with E-state index in [1.54, 1.807) is 11.7 Å². The summed E-state index contributed by atoms with van der Waals surface area (Å²) in [4.78, 5) is 21.5. The number of amides is 1. The summed E-state index contributed by atoms with van der Waals surface area (Å²) in [6, 6.07) is 0. The number of hydrogen-bond acceptors (Lipinski definition) is 3. The lowest BCUT2D eigenvalue weighted by molar-refractivity contribution is -0.136. The lowest BCUT2D eigenvalue weighted by atomic mass is 10.3. The standard InChI is InChI=1S/C8H10ClN3O2/c1-5(13)8(14)10-4-7-6(9)3-11-12(7)2/h3H,4H2,1-2H3,(H,10,14). The van der Waals surface area contributed by atoms with Crippen LogP contribution in [0.15, 0.2) is 6.20 Å². The van der Waals surface area contributed by atoms with Crippen LogP contribution in [0.4, 0.5) is 0 Å². The Morgan fingerprint density at radius 2 is 2.29 bits per heavy atom. The predicted octanol–water partition coefficient (Wildman–Crippen LogP) is 0.279. The van der Waals surface area contributed by atoms with Gasteiger partial charge >= 0.3 is 0 Å². The lowest BCUT2D eigenvalue weighted by Crippen LogP contribution is -2.29. The van der Waals surface area contributed by atoms with E-state index < -0.39 is 11.7 Å². The molecule has 0 spiro atoms. The highest BCUT2D eigenvalue weighted by Crippen LogP contribution is 2.13. The quantitative estimate of drug-likeness (QED) is 0.737. The molecule has 5 nitrogen and oxygen atoms in total. The Balaban J connectivity index is 2.62. The van der Waals surface area contributed by atoms with Crippen molar-refractivity contribution in [2.75, 3.05) is 0 Å². The molecule has 1 aromatic rings. The van der Waals surface area contributed by atoms with Gasteiger partial charge in [0.05, 0.1) is 23.5 Å². The van der Waals surface area contributed by atoms with Crippen molar-refractivity contribution in [1.82, 2.24) is 15.1 Å². The van der Waals surface area contributed by atoms with Gasteiger partial charge in [0.1, 0.15) is 0 Å². The van der Waals surface area contributed by atoms with Gasteiger partial charge in [0.25, 0.3) is 5.91 Å². The fourth-order valence-corrected chi connectivity index (χ4v) is 1.16. The molecule has 1 rings (SSSR count). The molecule has 0 bridgehead atoms. The van der Waals surface area contributed by atoms with Crippen LogP contribution in [0.5, 0.6) is 0 Å². The molecule has 14 heavy (non-hydrogen) atoms. The third-order valence-electron chi connectivity index (χ3n) is 1.75. The number of aryl methyl sites for hydroxylation is 1. The first-order valence-electron chi connectivity index (χ1n) is 3.97. The van der Waals surface area contributed by atoms with E-state index in [9.17, 15) is 9.59 Å². The lowest BCUT2D eigenvalue weighted by Gasteiger charge is -2.03. The smallest absolute Gasteiger partial charge is 0.287 e. The van der Waals surface area contributed by atoms with Crippen LogP contribution in [0.2, 0.25) is 5.02 Å². The molecule has 6 heteroatoms. The highest BCUT2D eigenvalue weighted by atomic mass is 35.5. The number of ketones is 1. The zero-order valence-corrected chi connectivity index (χ0v) is 8.63. The summed E-state index contributed by atoms with van der Waals surface area (Å²) in [5.74, 6) is -1.15. The normalized spacial score (nSPS) is 9.93. The Morgan fingerprint density at radius 3 is 2.71 bits per heavy atom. The van der Waals surface area contributed by atoms with Crippen molar-refractivity contribution in [3.8, 4) is 0 Å². The molecule has 0 aliphatic carbocycles. The van der Waals surface area contributed by atoms with Gasteiger partial charge in [0.15, 0.2) is 0 Å². The summed E-state index contributed by atoms with van der Waals surface area (Å²) >= 11 is 5.79. The minimum absolute atomic E-state index is 0.202. The van der Waals surface area contributed by atoms with Crippen LogP contribution in [0.3, 0.4) is 0 Å². The summed E-state index contributed by atoms with van der Waals surface area (Å²) in [5.41, 5.74) is 0.668. The monoisotopic (exact) mass is 215 g/mol. The number of carbonyl (C=O) groups is 2. The van der Waals surface area contributed by atoms with E-state index in [1.165, 1.54) is 13.1 Å². The molecule has 1 amide bonds. The number of rotatable bonds is 3. The molecule has 0 saturated heterocycles. The number of nitrogens with one attached hydrogen (secondary N) is 1. The zero-order valence-electron chi connectivity index (χ0n) is 7.87. The molecule has 0 radical (unpaired) electrons. The summed E-state index contributed by atoms with van der Waals surface area (Å²) in [7, 11) is 1.71. The molecule has 0 aliphatic rings. The molecule has 1 N–H and O–H groups in total. The maximum Gasteiger partial charge on any atom is 0.287 e. The molecule has 1 aromatic heterocycles. The van der Waals surface area contributed by atoms with Gasteiger partial charge < -0.3 is 5.32 Å². The topological polar surface area (TPSA) is 64.0 Å². The number of hydrogen-bond donors (Lipinski definition) is 1. The fraction of sp³-hybridized carbons (Fsp3) is 0.375. The minimum atomic E-state index is -0.623. The SMILES string of the molecule is CC(=O)C(=O)NCc1c(Cl)cnn1C. The van der Waals surface area contributed by atoms with Crippen molar-refractivity contribution < 1.29 is 9.59 Å². The minimum Gasteiger partial charge on any atom is -0.344 e. The molecule has 0 saturated carbocycles. The van der Waals surface area contributed by atoms with Crippen LogP contribution in [0.1, 0.15) is 12.6 Å². The van der Waals surface area contributed by atoms with Crippen LogP contribution in [-0.2, 0) is 23.2 Å². The van der Waals surface area contributed by atoms with Gasteiger partial charge in [-0.15, -0.1) is 0 Å². The first kappa shape index (κ1) is 10.7. The maximum atomic E-state index is 10.9. The number of aromatic nitrogens is 2. The third-order valence-corrected chi connectivity index (χ3v) is 2.06. The molecule has 1 heterocycles. The van der Waals surface area contributed by atoms with Gasteiger partial charge in [-0.25, -0.2) is 0 Å². The molecule has 0 aliphatic heterocycles. The summed E-state index contributed by atoms with van der Waals surface area (Å²) in [5, 5.41) is 6.79. The van der Waals surface area contributed by atoms with Crippen LogP contribution < -0.4 is 5.32 Å². The fourth-order valence-electron chi connectivity index (χ4n) is 0.923. The van der Waals surface area contributed by atoms with Crippen LogP contribution >= 0.6 is 11.6 Å². The van der Waals surface area contributed by atoms with Crippen LogP contribution in [0.25, 0.3) is 0 Å². The summed E-state index contributed by atoms with van der Waals surface area (Å²) in [6.07, 6.45) is 1.48. The first-order valence-corrected chi connectivity index (χ1v) is 4.35. The second kappa shape index (κ2) is 4.23. The Bertz CT molecular complexity index is 353. The van der Waals surface area contributed by atoms with Gasteiger partial charge in [-0.1, -0.05) is 11.6 Å². The third kappa shape index (κ3) is 2.32. The number of halogens is 1. The average Bonchev–Trinajstić information content (AvgIpc) is 2.43. The van der Waals surface area contributed by atoms with Crippen molar-refractivity contribution in [3.63, 3.8) is 0 Å². The first-order chi connectivity index (χ1) is 6.52. The van der Waals surface area contributed by atoms with Crippen molar-refractivity contribution >= 4 is 23.3 Å². The van der Waals surface area contributed by atoms with E-state index in [0.29, 0.717) is 10.7 Å². The van der Waals surface area contributed by atoms with Gasteiger partial charge in [-0.2, -0.15) is 5.10 Å². The number of nitrogens with zero attached hydrogens (tertiary/aromatic N) is 2. The van der Waals surface area contributed by atoms with E-state index in [-0.39, 0.29) is 6.54 Å². The Morgan fingerprint density at radius 1 is 1.64 bits per heavy atom. The Labute approximate surface area is 86.0 Å². The highest BCUT2D eigenvalue weighted by Gasteiger charge is 2.10. The van der Waals surface area contributed by atoms with E-state index in [2.05, 4.69) is 10.4 Å². The largest absolute Gasteiger partial charge is 0.344 e. The number of Topliss-reactive ketones (excluding diaryl/α,β-unsaturated/α-hetero) is 1. The van der Waals surface area contributed by atoms with Crippen molar-refractivity contribution in [3.05, 3.63) is 16.9 Å². The maximum absolute atomic E-state index is 10.9. The van der Waals surface area contributed by atoms with Crippen molar-refractivity contribution in [1.29, 1.82) is 0 Å². The predicted molar refractivity (Wildman–Crippen MR) is 50.7 cm³/mol. The Hall–Kier alpha value is -1.36. The molecule has 0 fully saturated rings. The average molecular weight is 216 g/mol. The van der Waals surface area contributed by atoms with Gasteiger partial charge in [0.2, 0.25) is 5.78 Å². The zero-order chi connectivity index (χ0) is 10.7. The highest BCUT2D eigenvalue weighted by molar-refractivity contribution is 6.35. The molecule has 76 valence electrons. The second-order valence-electron chi connectivity index (χ2n) is 2.80. The van der Waals surface area contributed by atoms with Gasteiger partial charge in [0, 0.05) is 14.0 Å². The Kier molecular flexibility index (Phi) is 3.24. The van der Waals surface area contributed by atoms with E-state index in [0.717, 1.165) is 0 Å². The summed E-state index contributed by atoms with van der Waals surface area (Å²) < 4.78 is 1.54. The van der Waals surface area contributed by atoms with Gasteiger partial charge in [-0.3, -0.25) is 14.3 Å². The van der Waals surface area contributed by atoms with Crippen LogP contribution in [0, 0.1) is 0 Å². The van der Waals surface area contributed by atoms with E-state index in [1.807, 2.05) is 0 Å². The van der Waals surface area contributed by atoms with Gasteiger partial charge in [-0.05, 0) is 0 Å². The van der Waals surface area contributed by atoms with Crippen molar-refractivity contribution in [2.24, 2.45) is 7.05 Å². The van der Waals surface area contributed by atoms with E-state index in [4.69, 9.17) is 11.6 Å². The molecular weight excluding hydrogens is 206 g/mol. The summed E-state index contributed by atoms with van der Waals surface area (Å²) in [6.45, 7) is 1.41. The van der Waals surface area contributed by atoms with Crippen LogP contribution in [-0.4, -0.2) is 21.5 Å².